The molecule has 1 aromatic carbocycles. The highest BCUT2D eigenvalue weighted by molar-refractivity contribution is 6.01. The van der Waals surface area contributed by atoms with Gasteiger partial charge < -0.3 is 4.74 Å². The first kappa shape index (κ1) is 9.25. The van der Waals surface area contributed by atoms with Crippen LogP contribution >= 0.6 is 0 Å². The molecule has 0 unspecified atom stereocenters. The second-order valence-corrected chi connectivity index (χ2v) is 3.62. The van der Waals surface area contributed by atoms with E-state index in [1.807, 2.05) is 6.07 Å². The molecule has 0 saturated carbocycles. The molecule has 1 aliphatic rings. The molecule has 0 aliphatic carbocycles. The van der Waals surface area contributed by atoms with Crippen LogP contribution in [0, 0.1) is 6.92 Å². The number of nitrogens with zero attached hydrogens (tertiary/aromatic N) is 1. The summed E-state index contributed by atoms with van der Waals surface area (Å²) in [6.07, 6.45) is 2.31. The summed E-state index contributed by atoms with van der Waals surface area (Å²) in [5.74, 6) is 0.951. The Morgan fingerprint density at radius 1 is 1.36 bits per heavy atom. The first-order valence-corrected chi connectivity index (χ1v) is 4.99. The van der Waals surface area contributed by atoms with Crippen molar-refractivity contribution in [3.05, 3.63) is 29.3 Å². The van der Waals surface area contributed by atoms with E-state index >= 15 is 0 Å². The second-order valence-electron chi connectivity index (χ2n) is 3.62. The summed E-state index contributed by atoms with van der Waals surface area (Å²) in [4.78, 5) is 4.48. The molecule has 0 aromatic heterocycles. The van der Waals surface area contributed by atoms with E-state index in [4.69, 9.17) is 4.74 Å². The van der Waals surface area contributed by atoms with E-state index in [1.165, 1.54) is 23.3 Å². The fourth-order valence-corrected chi connectivity index (χ4v) is 1.83. The van der Waals surface area contributed by atoms with Crippen LogP contribution in [0.3, 0.4) is 0 Å². The molecule has 74 valence electrons. The smallest absolute Gasteiger partial charge is 0.121 e. The van der Waals surface area contributed by atoms with E-state index in [-0.39, 0.29) is 0 Å². The van der Waals surface area contributed by atoms with Crippen molar-refractivity contribution in [1.29, 1.82) is 0 Å². The average molecular weight is 189 g/mol. The van der Waals surface area contributed by atoms with Crippen molar-refractivity contribution in [3.63, 3.8) is 0 Å². The predicted molar refractivity (Wildman–Crippen MR) is 58.4 cm³/mol. The van der Waals surface area contributed by atoms with E-state index < -0.39 is 0 Å². The standard InChI is InChI=1S/C12H15NO/c1-9-8-10(5-6-12(9)14-2)11-4-3-7-13-11/h5-6,8H,3-4,7H2,1-2H3. The summed E-state index contributed by atoms with van der Waals surface area (Å²) in [6.45, 7) is 3.05. The molecule has 0 fully saturated rings. The van der Waals surface area contributed by atoms with Gasteiger partial charge >= 0.3 is 0 Å². The first-order chi connectivity index (χ1) is 6.81. The highest BCUT2D eigenvalue weighted by Crippen LogP contribution is 2.21. The lowest BCUT2D eigenvalue weighted by Crippen LogP contribution is -1.97. The van der Waals surface area contributed by atoms with Gasteiger partial charge in [-0.1, -0.05) is 0 Å². The number of ether oxygens (including phenoxy) is 1. The Balaban J connectivity index is 2.32. The number of aryl methyl sites for hydroxylation is 1. The Morgan fingerprint density at radius 3 is 2.79 bits per heavy atom. The van der Waals surface area contributed by atoms with Crippen molar-refractivity contribution in [2.75, 3.05) is 13.7 Å². The van der Waals surface area contributed by atoms with Crippen molar-refractivity contribution in [3.8, 4) is 5.75 Å². The molecule has 0 saturated heterocycles. The maximum atomic E-state index is 5.22. The molecular formula is C12H15NO. The van der Waals surface area contributed by atoms with Gasteiger partial charge in [-0.05, 0) is 49.1 Å². The molecule has 0 amide bonds. The predicted octanol–water partition coefficient (Wildman–Crippen LogP) is 2.59. The van der Waals surface area contributed by atoms with Crippen molar-refractivity contribution in [2.45, 2.75) is 19.8 Å². The molecule has 0 atom stereocenters. The fraction of sp³-hybridized carbons (Fsp3) is 0.417. The van der Waals surface area contributed by atoms with Gasteiger partial charge in [-0.25, -0.2) is 0 Å². The third kappa shape index (κ3) is 1.65. The summed E-state index contributed by atoms with van der Waals surface area (Å²) in [7, 11) is 1.70. The third-order valence-electron chi connectivity index (χ3n) is 2.60. The van der Waals surface area contributed by atoms with Crippen LogP contribution in [-0.2, 0) is 0 Å². The number of rotatable bonds is 2. The molecule has 0 bridgehead atoms. The largest absolute Gasteiger partial charge is 0.496 e. The molecular weight excluding hydrogens is 174 g/mol. The van der Waals surface area contributed by atoms with Crippen LogP contribution < -0.4 is 4.74 Å². The zero-order valence-corrected chi connectivity index (χ0v) is 8.71. The van der Waals surface area contributed by atoms with Gasteiger partial charge in [0.15, 0.2) is 0 Å². The maximum Gasteiger partial charge on any atom is 0.121 e. The molecule has 2 heteroatoms. The molecule has 1 aliphatic heterocycles. The molecule has 1 aromatic rings. The number of aliphatic imine (C=N–C) groups is 1. The first-order valence-electron chi connectivity index (χ1n) is 4.99. The minimum Gasteiger partial charge on any atom is -0.496 e. The zero-order valence-electron chi connectivity index (χ0n) is 8.71. The highest BCUT2D eigenvalue weighted by atomic mass is 16.5. The van der Waals surface area contributed by atoms with Crippen molar-refractivity contribution < 1.29 is 4.74 Å². The van der Waals surface area contributed by atoms with Crippen LogP contribution in [-0.4, -0.2) is 19.4 Å². The SMILES string of the molecule is COc1ccc(C2=NCCC2)cc1C. The Kier molecular flexibility index (Phi) is 2.53. The van der Waals surface area contributed by atoms with Crippen molar-refractivity contribution in [2.24, 2.45) is 4.99 Å². The molecule has 0 radical (unpaired) electrons. The van der Waals surface area contributed by atoms with E-state index in [9.17, 15) is 0 Å². The summed E-state index contributed by atoms with van der Waals surface area (Å²) >= 11 is 0. The van der Waals surface area contributed by atoms with Gasteiger partial charge in [-0.2, -0.15) is 0 Å². The zero-order chi connectivity index (χ0) is 9.97. The number of hydrogen-bond acceptors (Lipinski definition) is 2. The van der Waals surface area contributed by atoms with Gasteiger partial charge in [0.25, 0.3) is 0 Å². The van der Waals surface area contributed by atoms with Gasteiger partial charge in [-0.15, -0.1) is 0 Å². The van der Waals surface area contributed by atoms with Gasteiger partial charge in [-0.3, -0.25) is 4.99 Å². The minimum absolute atomic E-state index is 0.951. The maximum absolute atomic E-state index is 5.22. The lowest BCUT2D eigenvalue weighted by atomic mass is 10.0. The monoisotopic (exact) mass is 189 g/mol. The number of methoxy groups -OCH3 is 1. The average Bonchev–Trinajstić information content (AvgIpc) is 2.70. The Hall–Kier alpha value is -1.31. The molecule has 0 N–H and O–H groups in total. The van der Waals surface area contributed by atoms with Gasteiger partial charge in [0.05, 0.1) is 7.11 Å². The fourth-order valence-electron chi connectivity index (χ4n) is 1.83. The van der Waals surface area contributed by atoms with Crippen LogP contribution in [0.1, 0.15) is 24.0 Å². The molecule has 14 heavy (non-hydrogen) atoms. The van der Waals surface area contributed by atoms with E-state index in [1.54, 1.807) is 7.11 Å². The van der Waals surface area contributed by atoms with Crippen LogP contribution in [0.2, 0.25) is 0 Å². The molecule has 2 nitrogen and oxygen atoms in total. The molecule has 0 spiro atoms. The van der Waals surface area contributed by atoms with Gasteiger partial charge in [0.2, 0.25) is 0 Å². The van der Waals surface area contributed by atoms with Crippen molar-refractivity contribution >= 4 is 5.71 Å². The molecule has 2 rings (SSSR count). The third-order valence-corrected chi connectivity index (χ3v) is 2.60. The Morgan fingerprint density at radius 2 is 2.21 bits per heavy atom. The minimum atomic E-state index is 0.951. The van der Waals surface area contributed by atoms with Crippen molar-refractivity contribution in [1.82, 2.24) is 0 Å². The van der Waals surface area contributed by atoms with Gasteiger partial charge in [0.1, 0.15) is 5.75 Å². The summed E-state index contributed by atoms with van der Waals surface area (Å²) in [5.41, 5.74) is 3.68. The lowest BCUT2D eigenvalue weighted by Gasteiger charge is -2.06. The van der Waals surface area contributed by atoms with Crippen LogP contribution in [0.25, 0.3) is 0 Å². The van der Waals surface area contributed by atoms with Crippen LogP contribution in [0.4, 0.5) is 0 Å². The highest BCUT2D eigenvalue weighted by Gasteiger charge is 2.09. The summed E-state index contributed by atoms with van der Waals surface area (Å²) in [6, 6.07) is 6.27. The van der Waals surface area contributed by atoms with Crippen LogP contribution in [0.15, 0.2) is 23.2 Å². The summed E-state index contributed by atoms with van der Waals surface area (Å²) < 4.78 is 5.22. The van der Waals surface area contributed by atoms with E-state index in [2.05, 4.69) is 24.0 Å². The van der Waals surface area contributed by atoms with E-state index in [0.717, 1.165) is 18.7 Å². The second kappa shape index (κ2) is 3.82. The molecule has 1 heterocycles. The summed E-state index contributed by atoms with van der Waals surface area (Å²) in [5, 5.41) is 0. The number of benzene rings is 1. The van der Waals surface area contributed by atoms with Gasteiger partial charge in [0, 0.05) is 12.3 Å². The lowest BCUT2D eigenvalue weighted by molar-refractivity contribution is 0.411. The topological polar surface area (TPSA) is 21.6 Å². The Labute approximate surface area is 84.6 Å². The van der Waals surface area contributed by atoms with E-state index in [0.29, 0.717) is 0 Å². The quantitative estimate of drug-likeness (QED) is 0.700. The van der Waals surface area contributed by atoms with Crippen LogP contribution in [0.5, 0.6) is 5.75 Å². The number of hydrogen-bond donors (Lipinski definition) is 0. The normalized spacial score (nSPS) is 15.4. The Bertz CT molecular complexity index is 369.